The van der Waals surface area contributed by atoms with E-state index in [1.807, 2.05) is 0 Å². The molecule has 0 amide bonds. The molecule has 0 aliphatic heterocycles. The summed E-state index contributed by atoms with van der Waals surface area (Å²) in [5.74, 6) is -0.699. The van der Waals surface area contributed by atoms with Gasteiger partial charge in [-0.05, 0) is 48.8 Å². The van der Waals surface area contributed by atoms with Crippen molar-refractivity contribution in [1.82, 2.24) is 0 Å². The molecule has 1 unspecified atom stereocenters. The summed E-state index contributed by atoms with van der Waals surface area (Å²) in [6.07, 6.45) is -0.0398. The third kappa shape index (κ3) is 4.88. The highest BCUT2D eigenvalue weighted by atomic mass is 79.9. The van der Waals surface area contributed by atoms with E-state index in [4.69, 9.17) is 10.5 Å². The van der Waals surface area contributed by atoms with Crippen LogP contribution in [0.3, 0.4) is 0 Å². The highest BCUT2D eigenvalue weighted by molar-refractivity contribution is 9.11. The Kier molecular flexibility index (Phi) is 5.07. The minimum Gasteiger partial charge on any atom is -0.459 e. The number of halogens is 1. The molecule has 2 N–H and O–H groups in total. The number of carbonyl (C=O) groups is 2. The average molecular weight is 334 g/mol. The molecule has 0 radical (unpaired) electrons. The van der Waals surface area contributed by atoms with Gasteiger partial charge in [0.2, 0.25) is 0 Å². The van der Waals surface area contributed by atoms with Crippen LogP contribution in [0.15, 0.2) is 15.9 Å². The van der Waals surface area contributed by atoms with E-state index in [1.54, 1.807) is 32.9 Å². The number of ketones is 1. The van der Waals surface area contributed by atoms with Gasteiger partial charge in [-0.3, -0.25) is 9.59 Å². The smallest absolute Gasteiger partial charge is 0.323 e. The molecule has 4 nitrogen and oxygen atoms in total. The first kappa shape index (κ1) is 15.3. The van der Waals surface area contributed by atoms with Gasteiger partial charge in [0.25, 0.3) is 0 Å². The van der Waals surface area contributed by atoms with Gasteiger partial charge in [-0.25, -0.2) is 0 Å². The average Bonchev–Trinajstić information content (AvgIpc) is 2.62. The molecule has 1 heterocycles. The topological polar surface area (TPSA) is 69.4 Å². The second-order valence-corrected chi connectivity index (χ2v) is 7.33. The Labute approximate surface area is 119 Å². The van der Waals surface area contributed by atoms with Crippen LogP contribution in [0.25, 0.3) is 0 Å². The van der Waals surface area contributed by atoms with Crippen LogP contribution in [0.2, 0.25) is 0 Å². The fourth-order valence-corrected chi connectivity index (χ4v) is 2.56. The van der Waals surface area contributed by atoms with Crippen LogP contribution in [-0.4, -0.2) is 23.4 Å². The molecule has 18 heavy (non-hydrogen) atoms. The van der Waals surface area contributed by atoms with Gasteiger partial charge >= 0.3 is 5.97 Å². The fraction of sp³-hybridized carbons (Fsp3) is 0.500. The maximum absolute atomic E-state index is 11.8. The first-order chi connectivity index (χ1) is 8.19. The van der Waals surface area contributed by atoms with Crippen molar-refractivity contribution in [2.24, 2.45) is 5.73 Å². The van der Waals surface area contributed by atoms with Gasteiger partial charge in [0, 0.05) is 6.42 Å². The maximum atomic E-state index is 11.8. The van der Waals surface area contributed by atoms with E-state index in [9.17, 15) is 9.59 Å². The molecule has 1 atom stereocenters. The summed E-state index contributed by atoms with van der Waals surface area (Å²) in [7, 11) is 0. The lowest BCUT2D eigenvalue weighted by Gasteiger charge is -2.21. The molecule has 0 spiro atoms. The van der Waals surface area contributed by atoms with Gasteiger partial charge in [-0.1, -0.05) is 0 Å². The van der Waals surface area contributed by atoms with E-state index in [1.165, 1.54) is 11.3 Å². The van der Waals surface area contributed by atoms with Crippen LogP contribution in [0, 0.1) is 0 Å². The summed E-state index contributed by atoms with van der Waals surface area (Å²) in [5, 5.41) is 0. The number of ether oxygens (including phenoxy) is 1. The number of esters is 1. The number of thiophene rings is 1. The van der Waals surface area contributed by atoms with Crippen molar-refractivity contribution in [3.8, 4) is 0 Å². The van der Waals surface area contributed by atoms with Gasteiger partial charge in [0.05, 0.1) is 8.66 Å². The Morgan fingerprint density at radius 2 is 2.06 bits per heavy atom. The second-order valence-electron chi connectivity index (χ2n) is 4.87. The van der Waals surface area contributed by atoms with Crippen molar-refractivity contribution >= 4 is 39.0 Å². The summed E-state index contributed by atoms with van der Waals surface area (Å²) in [6.45, 7) is 5.28. The standard InChI is InChI=1S/C12H16BrNO3S/c1-12(2,3)17-11(16)7(14)6-8(15)9-4-5-10(13)18-9/h4-5,7H,6,14H2,1-3H3. The molecule has 0 fully saturated rings. The van der Waals surface area contributed by atoms with E-state index in [-0.39, 0.29) is 12.2 Å². The van der Waals surface area contributed by atoms with Crippen LogP contribution >= 0.6 is 27.3 Å². The Morgan fingerprint density at radius 1 is 1.44 bits per heavy atom. The monoisotopic (exact) mass is 333 g/mol. The zero-order chi connectivity index (χ0) is 13.9. The van der Waals surface area contributed by atoms with Crippen LogP contribution in [-0.2, 0) is 9.53 Å². The molecule has 100 valence electrons. The highest BCUT2D eigenvalue weighted by Crippen LogP contribution is 2.23. The number of hydrogen-bond acceptors (Lipinski definition) is 5. The number of nitrogens with two attached hydrogens (primary N) is 1. The first-order valence-electron chi connectivity index (χ1n) is 5.46. The van der Waals surface area contributed by atoms with E-state index >= 15 is 0 Å². The minimum atomic E-state index is -0.919. The Bertz CT molecular complexity index is 450. The molecule has 0 aromatic carbocycles. The quantitative estimate of drug-likeness (QED) is 0.679. The molecule has 1 aromatic rings. The number of Topliss-reactive ketones (excluding diaryl/α,β-unsaturated/α-hetero) is 1. The van der Waals surface area contributed by atoms with Gasteiger partial charge in [0.15, 0.2) is 5.78 Å². The Hall–Kier alpha value is -0.720. The lowest BCUT2D eigenvalue weighted by atomic mass is 10.1. The largest absolute Gasteiger partial charge is 0.459 e. The normalized spacial score (nSPS) is 13.2. The van der Waals surface area contributed by atoms with E-state index in [2.05, 4.69) is 15.9 Å². The third-order valence-corrected chi connectivity index (χ3v) is 3.63. The summed E-state index contributed by atoms with van der Waals surface area (Å²) >= 11 is 4.60. The van der Waals surface area contributed by atoms with Crippen LogP contribution < -0.4 is 5.73 Å². The lowest BCUT2D eigenvalue weighted by molar-refractivity contribution is -0.156. The fourth-order valence-electron chi connectivity index (χ4n) is 1.23. The van der Waals surface area contributed by atoms with Crippen LogP contribution in [0.5, 0.6) is 0 Å². The summed E-state index contributed by atoms with van der Waals surface area (Å²) in [4.78, 5) is 24.0. The molecule has 1 aromatic heterocycles. The zero-order valence-electron chi connectivity index (χ0n) is 10.5. The van der Waals surface area contributed by atoms with Crippen molar-refractivity contribution < 1.29 is 14.3 Å². The lowest BCUT2D eigenvalue weighted by Crippen LogP contribution is -2.38. The van der Waals surface area contributed by atoms with Crippen molar-refractivity contribution in [2.75, 3.05) is 0 Å². The summed E-state index contributed by atoms with van der Waals surface area (Å²) < 4.78 is 5.99. The second kappa shape index (κ2) is 5.95. The predicted molar refractivity (Wildman–Crippen MR) is 74.8 cm³/mol. The maximum Gasteiger partial charge on any atom is 0.323 e. The molecule has 0 aliphatic carbocycles. The van der Waals surface area contributed by atoms with Gasteiger partial charge in [0.1, 0.15) is 11.6 Å². The van der Waals surface area contributed by atoms with Crippen molar-refractivity contribution in [1.29, 1.82) is 0 Å². The van der Waals surface area contributed by atoms with E-state index in [0.717, 1.165) is 3.79 Å². The summed E-state index contributed by atoms with van der Waals surface area (Å²) in [5.41, 5.74) is 5.07. The molecule has 0 saturated heterocycles. The van der Waals surface area contributed by atoms with E-state index in [0.29, 0.717) is 4.88 Å². The van der Waals surface area contributed by atoms with Crippen LogP contribution in [0.1, 0.15) is 36.9 Å². The van der Waals surface area contributed by atoms with E-state index < -0.39 is 17.6 Å². The van der Waals surface area contributed by atoms with Crippen molar-refractivity contribution in [2.45, 2.75) is 38.8 Å². The molecule has 0 bridgehead atoms. The molecule has 1 rings (SSSR count). The van der Waals surface area contributed by atoms with Gasteiger partial charge in [-0.2, -0.15) is 0 Å². The number of rotatable bonds is 4. The number of hydrogen-bond donors (Lipinski definition) is 1. The Morgan fingerprint density at radius 3 is 2.50 bits per heavy atom. The third-order valence-electron chi connectivity index (χ3n) is 1.96. The molecule has 6 heteroatoms. The van der Waals surface area contributed by atoms with Crippen molar-refractivity contribution in [3.63, 3.8) is 0 Å². The first-order valence-corrected chi connectivity index (χ1v) is 7.07. The highest BCUT2D eigenvalue weighted by Gasteiger charge is 2.25. The molecule has 0 saturated carbocycles. The molecular weight excluding hydrogens is 318 g/mol. The zero-order valence-corrected chi connectivity index (χ0v) is 12.9. The minimum absolute atomic E-state index is 0.0398. The number of carbonyl (C=O) groups excluding carboxylic acids is 2. The van der Waals surface area contributed by atoms with Crippen molar-refractivity contribution in [3.05, 3.63) is 20.8 Å². The SMILES string of the molecule is CC(C)(C)OC(=O)C(N)CC(=O)c1ccc(Br)s1. The molecule has 0 aliphatic rings. The Balaban J connectivity index is 2.57. The van der Waals surface area contributed by atoms with Gasteiger partial charge in [-0.15, -0.1) is 11.3 Å². The molecular formula is C12H16BrNO3S. The summed E-state index contributed by atoms with van der Waals surface area (Å²) in [6, 6.07) is 2.58. The van der Waals surface area contributed by atoms with Gasteiger partial charge < -0.3 is 10.5 Å². The van der Waals surface area contributed by atoms with Crippen LogP contribution in [0.4, 0.5) is 0 Å². The predicted octanol–water partition coefficient (Wildman–Crippen LogP) is 2.75.